The molecule has 14 heavy (non-hydrogen) atoms. The standard InChI is InChI=1S/C10H19BrO3/c1-7(2)9(5-12-3)14-10-6-13-4-8(10)11/h7-10H,4-6H2,1-3H3. The number of hydrogen-bond donors (Lipinski definition) is 0. The van der Waals surface area contributed by atoms with Crippen LogP contribution in [0.25, 0.3) is 0 Å². The molecule has 1 saturated heterocycles. The molecule has 0 saturated carbocycles. The molecule has 1 rings (SSSR count). The summed E-state index contributed by atoms with van der Waals surface area (Å²) in [5.41, 5.74) is 0. The van der Waals surface area contributed by atoms with Crippen molar-refractivity contribution in [2.24, 2.45) is 5.92 Å². The highest BCUT2D eigenvalue weighted by molar-refractivity contribution is 9.09. The summed E-state index contributed by atoms with van der Waals surface area (Å²) in [5.74, 6) is 0.468. The third-order valence-corrected chi connectivity index (χ3v) is 3.24. The molecule has 0 spiro atoms. The Morgan fingerprint density at radius 2 is 2.14 bits per heavy atom. The highest BCUT2D eigenvalue weighted by atomic mass is 79.9. The van der Waals surface area contributed by atoms with Crippen molar-refractivity contribution >= 4 is 15.9 Å². The summed E-state index contributed by atoms with van der Waals surface area (Å²) < 4.78 is 16.4. The van der Waals surface area contributed by atoms with Crippen LogP contribution in [-0.4, -0.2) is 44.0 Å². The lowest BCUT2D eigenvalue weighted by Crippen LogP contribution is -2.34. The molecule has 0 bridgehead atoms. The molecule has 3 unspecified atom stereocenters. The summed E-state index contributed by atoms with van der Waals surface area (Å²) in [6, 6.07) is 0. The van der Waals surface area contributed by atoms with Crippen molar-refractivity contribution in [3.05, 3.63) is 0 Å². The molecular weight excluding hydrogens is 248 g/mol. The molecule has 1 fully saturated rings. The van der Waals surface area contributed by atoms with Crippen LogP contribution in [0.3, 0.4) is 0 Å². The van der Waals surface area contributed by atoms with Gasteiger partial charge in [-0.1, -0.05) is 29.8 Å². The monoisotopic (exact) mass is 266 g/mol. The Hall–Kier alpha value is 0.360. The van der Waals surface area contributed by atoms with Gasteiger partial charge in [0, 0.05) is 7.11 Å². The second-order valence-electron chi connectivity index (χ2n) is 3.97. The minimum atomic E-state index is 0.159. The Kier molecular flexibility index (Phi) is 5.38. The Bertz CT molecular complexity index is 163. The van der Waals surface area contributed by atoms with Crippen LogP contribution in [-0.2, 0) is 14.2 Å². The van der Waals surface area contributed by atoms with Crippen LogP contribution in [0, 0.1) is 5.92 Å². The first-order chi connectivity index (χ1) is 6.65. The summed E-state index contributed by atoms with van der Waals surface area (Å²) in [6.45, 7) is 6.35. The van der Waals surface area contributed by atoms with E-state index in [1.807, 2.05) is 0 Å². The molecule has 0 aliphatic carbocycles. The first-order valence-electron chi connectivity index (χ1n) is 5.01. The number of ether oxygens (including phenoxy) is 3. The number of hydrogen-bond acceptors (Lipinski definition) is 3. The number of rotatable bonds is 5. The average Bonchev–Trinajstić information content (AvgIpc) is 2.51. The molecule has 3 nitrogen and oxygen atoms in total. The maximum absolute atomic E-state index is 5.93. The topological polar surface area (TPSA) is 27.7 Å². The zero-order valence-corrected chi connectivity index (χ0v) is 10.6. The first-order valence-corrected chi connectivity index (χ1v) is 5.93. The third kappa shape index (κ3) is 3.50. The van der Waals surface area contributed by atoms with Crippen molar-refractivity contribution in [1.82, 2.24) is 0 Å². The van der Waals surface area contributed by atoms with Gasteiger partial charge in [0.1, 0.15) is 0 Å². The molecule has 3 atom stereocenters. The minimum Gasteiger partial charge on any atom is -0.382 e. The van der Waals surface area contributed by atoms with Gasteiger partial charge in [-0.15, -0.1) is 0 Å². The van der Waals surface area contributed by atoms with Crippen LogP contribution in [0.5, 0.6) is 0 Å². The van der Waals surface area contributed by atoms with Crippen LogP contribution in [0.15, 0.2) is 0 Å². The lowest BCUT2D eigenvalue weighted by molar-refractivity contribution is -0.0682. The van der Waals surface area contributed by atoms with Crippen molar-refractivity contribution in [3.63, 3.8) is 0 Å². The predicted octanol–water partition coefficient (Wildman–Crippen LogP) is 1.84. The summed E-state index contributed by atoms with van der Waals surface area (Å²) in [5, 5.41) is 0. The van der Waals surface area contributed by atoms with E-state index in [-0.39, 0.29) is 12.2 Å². The van der Waals surface area contributed by atoms with Crippen molar-refractivity contribution in [1.29, 1.82) is 0 Å². The van der Waals surface area contributed by atoms with Gasteiger partial charge in [0.15, 0.2) is 0 Å². The maximum Gasteiger partial charge on any atom is 0.0960 e. The second kappa shape index (κ2) is 6.05. The molecule has 1 heterocycles. The van der Waals surface area contributed by atoms with E-state index in [9.17, 15) is 0 Å². The van der Waals surface area contributed by atoms with Gasteiger partial charge >= 0.3 is 0 Å². The normalized spacial score (nSPS) is 29.8. The van der Waals surface area contributed by atoms with Gasteiger partial charge in [0.05, 0.1) is 36.9 Å². The molecule has 0 aromatic rings. The molecule has 84 valence electrons. The van der Waals surface area contributed by atoms with Crippen molar-refractivity contribution < 1.29 is 14.2 Å². The molecule has 0 N–H and O–H groups in total. The Morgan fingerprint density at radius 3 is 2.57 bits per heavy atom. The Morgan fingerprint density at radius 1 is 1.43 bits per heavy atom. The zero-order valence-electron chi connectivity index (χ0n) is 9.03. The SMILES string of the molecule is COCC(OC1COCC1Br)C(C)C. The lowest BCUT2D eigenvalue weighted by atomic mass is 10.1. The summed E-state index contributed by atoms with van der Waals surface area (Å²) in [6.07, 6.45) is 0.323. The molecular formula is C10H19BrO3. The number of alkyl halides is 1. The van der Waals surface area contributed by atoms with Gasteiger partial charge in [-0.25, -0.2) is 0 Å². The highest BCUT2D eigenvalue weighted by Gasteiger charge is 2.30. The van der Waals surface area contributed by atoms with Gasteiger partial charge in [-0.3, -0.25) is 0 Å². The maximum atomic E-state index is 5.93. The van der Waals surface area contributed by atoms with Crippen LogP contribution < -0.4 is 0 Å². The highest BCUT2D eigenvalue weighted by Crippen LogP contribution is 2.21. The molecule has 0 aromatic carbocycles. The minimum absolute atomic E-state index is 0.159. The van der Waals surface area contributed by atoms with Crippen LogP contribution in [0.1, 0.15) is 13.8 Å². The lowest BCUT2D eigenvalue weighted by Gasteiger charge is -2.25. The van der Waals surface area contributed by atoms with E-state index >= 15 is 0 Å². The van der Waals surface area contributed by atoms with Gasteiger partial charge in [-0.2, -0.15) is 0 Å². The van der Waals surface area contributed by atoms with E-state index in [2.05, 4.69) is 29.8 Å². The predicted molar refractivity (Wildman–Crippen MR) is 58.9 cm³/mol. The van der Waals surface area contributed by atoms with E-state index in [0.717, 1.165) is 6.61 Å². The summed E-state index contributed by atoms with van der Waals surface area (Å²) in [7, 11) is 1.70. The van der Waals surface area contributed by atoms with Crippen LogP contribution in [0.2, 0.25) is 0 Å². The Labute approximate surface area is 94.2 Å². The van der Waals surface area contributed by atoms with E-state index in [1.54, 1.807) is 7.11 Å². The van der Waals surface area contributed by atoms with E-state index < -0.39 is 0 Å². The quantitative estimate of drug-likeness (QED) is 0.711. The largest absolute Gasteiger partial charge is 0.382 e. The average molecular weight is 267 g/mol. The van der Waals surface area contributed by atoms with Crippen molar-refractivity contribution in [3.8, 4) is 0 Å². The van der Waals surface area contributed by atoms with Crippen LogP contribution in [0.4, 0.5) is 0 Å². The molecule has 0 amide bonds. The molecule has 0 aromatic heterocycles. The van der Waals surface area contributed by atoms with Gasteiger partial charge in [-0.05, 0) is 5.92 Å². The number of methoxy groups -OCH3 is 1. The first kappa shape index (κ1) is 12.4. The van der Waals surface area contributed by atoms with E-state index in [4.69, 9.17) is 14.2 Å². The fourth-order valence-corrected chi connectivity index (χ4v) is 1.87. The Balaban J connectivity index is 2.37. The van der Waals surface area contributed by atoms with Gasteiger partial charge < -0.3 is 14.2 Å². The van der Waals surface area contributed by atoms with Crippen molar-refractivity contribution in [2.75, 3.05) is 26.9 Å². The smallest absolute Gasteiger partial charge is 0.0960 e. The second-order valence-corrected chi connectivity index (χ2v) is 5.14. The molecule has 1 aliphatic heterocycles. The van der Waals surface area contributed by atoms with Crippen LogP contribution >= 0.6 is 15.9 Å². The fourth-order valence-electron chi connectivity index (χ4n) is 1.41. The van der Waals surface area contributed by atoms with Gasteiger partial charge in [0.25, 0.3) is 0 Å². The third-order valence-electron chi connectivity index (χ3n) is 2.39. The van der Waals surface area contributed by atoms with E-state index in [1.165, 1.54) is 0 Å². The fraction of sp³-hybridized carbons (Fsp3) is 1.00. The van der Waals surface area contributed by atoms with Gasteiger partial charge in [0.2, 0.25) is 0 Å². The summed E-state index contributed by atoms with van der Waals surface area (Å²) >= 11 is 3.54. The molecule has 1 aliphatic rings. The summed E-state index contributed by atoms with van der Waals surface area (Å²) in [4.78, 5) is 0.320. The molecule has 0 radical (unpaired) electrons. The van der Waals surface area contributed by atoms with Crippen molar-refractivity contribution in [2.45, 2.75) is 30.9 Å². The molecule has 4 heteroatoms. The number of halogens is 1. The van der Waals surface area contributed by atoms with E-state index in [0.29, 0.717) is 24.0 Å². The zero-order chi connectivity index (χ0) is 10.6.